The number of amides is 1. The lowest BCUT2D eigenvalue weighted by atomic mass is 9.76. The second kappa shape index (κ2) is 9.06. The summed E-state index contributed by atoms with van der Waals surface area (Å²) in [6.45, 7) is 1.29. The fourth-order valence-electron chi connectivity index (χ4n) is 4.75. The molecular formula is C23H24BrClN2O3. The minimum Gasteiger partial charge on any atom is -0.469 e. The molecule has 0 saturated carbocycles. The zero-order chi connectivity index (χ0) is 21.3. The number of aromatic nitrogens is 1. The summed E-state index contributed by atoms with van der Waals surface area (Å²) in [5.74, 6) is -0.0884. The minimum absolute atomic E-state index is 0.157. The van der Waals surface area contributed by atoms with E-state index in [9.17, 15) is 9.59 Å². The number of nitrogens with zero attached hydrogens (tertiary/aromatic N) is 2. The van der Waals surface area contributed by atoms with Gasteiger partial charge in [-0.15, -0.1) is 0 Å². The van der Waals surface area contributed by atoms with Crippen LogP contribution in [0.2, 0.25) is 5.02 Å². The fourth-order valence-corrected chi connectivity index (χ4v) is 5.32. The zero-order valence-electron chi connectivity index (χ0n) is 16.9. The van der Waals surface area contributed by atoms with E-state index in [0.717, 1.165) is 40.9 Å². The van der Waals surface area contributed by atoms with Crippen LogP contribution < -0.4 is 0 Å². The third-order valence-electron chi connectivity index (χ3n) is 6.25. The van der Waals surface area contributed by atoms with Gasteiger partial charge < -0.3 is 9.64 Å². The average Bonchev–Trinajstić information content (AvgIpc) is 2.90. The van der Waals surface area contributed by atoms with Crippen LogP contribution in [-0.4, -0.2) is 42.0 Å². The molecule has 0 bridgehead atoms. The minimum atomic E-state index is -0.486. The molecule has 1 amide bonds. The van der Waals surface area contributed by atoms with E-state index in [1.165, 1.54) is 23.8 Å². The number of likely N-dealkylation sites (tertiary alicyclic amines) is 1. The van der Waals surface area contributed by atoms with Gasteiger partial charge in [0, 0.05) is 34.7 Å². The number of carbonyl (C=O) groups is 2. The van der Waals surface area contributed by atoms with E-state index in [0.29, 0.717) is 19.0 Å². The number of esters is 1. The molecule has 1 unspecified atom stereocenters. The van der Waals surface area contributed by atoms with Gasteiger partial charge in [0.15, 0.2) is 0 Å². The summed E-state index contributed by atoms with van der Waals surface area (Å²) in [6.07, 6.45) is 5.30. The molecule has 1 aliphatic carbocycles. The number of halogens is 2. The molecule has 1 atom stereocenters. The summed E-state index contributed by atoms with van der Waals surface area (Å²) in [4.78, 5) is 30.4. The van der Waals surface area contributed by atoms with Gasteiger partial charge in [-0.05, 0) is 82.4 Å². The van der Waals surface area contributed by atoms with E-state index < -0.39 is 5.97 Å². The van der Waals surface area contributed by atoms with Crippen molar-refractivity contribution in [1.82, 2.24) is 9.88 Å². The summed E-state index contributed by atoms with van der Waals surface area (Å²) in [5, 5.41) is 0.760. The summed E-state index contributed by atoms with van der Waals surface area (Å²) in [6, 6.07) is 8.37. The van der Waals surface area contributed by atoms with Gasteiger partial charge in [-0.1, -0.05) is 17.7 Å². The van der Waals surface area contributed by atoms with Gasteiger partial charge >= 0.3 is 5.97 Å². The van der Waals surface area contributed by atoms with Crippen LogP contribution in [-0.2, 0) is 27.2 Å². The predicted octanol–water partition coefficient (Wildman–Crippen LogP) is 4.53. The molecule has 1 saturated heterocycles. The first-order valence-electron chi connectivity index (χ1n) is 10.2. The maximum absolute atomic E-state index is 12.4. The predicted molar refractivity (Wildman–Crippen MR) is 119 cm³/mol. The van der Waals surface area contributed by atoms with Gasteiger partial charge in [0.25, 0.3) is 0 Å². The highest BCUT2D eigenvalue weighted by Gasteiger charge is 2.35. The zero-order valence-corrected chi connectivity index (χ0v) is 19.2. The molecule has 0 radical (unpaired) electrons. The number of fused-ring (bicyclic) bond motifs is 2. The monoisotopic (exact) mass is 490 g/mol. The Morgan fingerprint density at radius 3 is 2.67 bits per heavy atom. The van der Waals surface area contributed by atoms with Crippen LogP contribution in [0.25, 0.3) is 0 Å². The first kappa shape index (κ1) is 21.3. The third-order valence-corrected chi connectivity index (χ3v) is 6.92. The Balaban J connectivity index is 1.61. The molecule has 2 aromatic rings. The molecule has 1 aliphatic heterocycles. The standard InChI is InChI=1S/C23H24BrClN2O3/c1-30-21(29)12-20(28)27-8-6-14(7-9-27)22-19-5-4-18(25)11-15(19)2-3-16-10-17(24)13-26-23(16)22/h4-5,10-11,13-14,22H,2-3,6-9,12H2,1H3. The highest BCUT2D eigenvalue weighted by atomic mass is 79.9. The molecule has 5 nitrogen and oxygen atoms in total. The number of hydrogen-bond acceptors (Lipinski definition) is 4. The van der Waals surface area contributed by atoms with Crippen molar-refractivity contribution in [3.8, 4) is 0 Å². The van der Waals surface area contributed by atoms with Crippen molar-refractivity contribution >= 4 is 39.4 Å². The SMILES string of the molecule is COC(=O)CC(=O)N1CCC(C2c3ccc(Cl)cc3CCc3cc(Br)cnc32)CC1. The van der Waals surface area contributed by atoms with Crippen LogP contribution in [0, 0.1) is 5.92 Å². The lowest BCUT2D eigenvalue weighted by Crippen LogP contribution is -2.41. The maximum Gasteiger partial charge on any atom is 0.315 e. The largest absolute Gasteiger partial charge is 0.469 e. The Labute approximate surface area is 189 Å². The van der Waals surface area contributed by atoms with Gasteiger partial charge in [0.1, 0.15) is 6.42 Å². The van der Waals surface area contributed by atoms with E-state index in [1.54, 1.807) is 4.90 Å². The van der Waals surface area contributed by atoms with Crippen LogP contribution in [0.4, 0.5) is 0 Å². The quantitative estimate of drug-likeness (QED) is 0.467. The lowest BCUT2D eigenvalue weighted by molar-refractivity contribution is -0.147. The molecule has 1 aromatic carbocycles. The Morgan fingerprint density at radius 1 is 1.20 bits per heavy atom. The molecule has 1 fully saturated rings. The van der Waals surface area contributed by atoms with Crippen LogP contribution in [0.5, 0.6) is 0 Å². The second-order valence-corrected chi connectivity index (χ2v) is 9.34. The molecule has 2 heterocycles. The highest BCUT2D eigenvalue weighted by Crippen LogP contribution is 2.43. The number of ether oxygens (including phenoxy) is 1. The number of aryl methyl sites for hydroxylation is 2. The van der Waals surface area contributed by atoms with Gasteiger partial charge in [0.05, 0.1) is 12.8 Å². The lowest BCUT2D eigenvalue weighted by Gasteiger charge is -2.36. The van der Waals surface area contributed by atoms with Gasteiger partial charge in [-0.3, -0.25) is 14.6 Å². The van der Waals surface area contributed by atoms with E-state index >= 15 is 0 Å². The maximum atomic E-state index is 12.4. The number of methoxy groups -OCH3 is 1. The molecule has 2 aliphatic rings. The Kier molecular flexibility index (Phi) is 6.44. The molecule has 30 heavy (non-hydrogen) atoms. The van der Waals surface area contributed by atoms with E-state index in [4.69, 9.17) is 16.6 Å². The summed E-state index contributed by atoms with van der Waals surface area (Å²) in [7, 11) is 1.31. The molecule has 158 valence electrons. The van der Waals surface area contributed by atoms with Crippen LogP contribution >= 0.6 is 27.5 Å². The molecule has 4 rings (SSSR count). The molecule has 1 aromatic heterocycles. The van der Waals surface area contributed by atoms with Crippen molar-refractivity contribution in [2.75, 3.05) is 20.2 Å². The molecular weight excluding hydrogens is 468 g/mol. The normalized spacial score (nSPS) is 18.9. The van der Waals surface area contributed by atoms with Gasteiger partial charge in [-0.25, -0.2) is 0 Å². The number of piperidine rings is 1. The number of rotatable bonds is 3. The Morgan fingerprint density at radius 2 is 1.93 bits per heavy atom. The van der Waals surface area contributed by atoms with Crippen molar-refractivity contribution in [2.45, 2.75) is 38.0 Å². The van der Waals surface area contributed by atoms with Crippen molar-refractivity contribution in [2.24, 2.45) is 5.92 Å². The Bertz CT molecular complexity index is 919. The first-order valence-corrected chi connectivity index (χ1v) is 11.4. The van der Waals surface area contributed by atoms with E-state index in [1.807, 2.05) is 12.3 Å². The highest BCUT2D eigenvalue weighted by molar-refractivity contribution is 9.10. The fraction of sp³-hybridized carbons (Fsp3) is 0.435. The average molecular weight is 492 g/mol. The topological polar surface area (TPSA) is 59.5 Å². The van der Waals surface area contributed by atoms with Crippen LogP contribution in [0.3, 0.4) is 0 Å². The number of pyridine rings is 1. The van der Waals surface area contributed by atoms with Crippen molar-refractivity contribution in [1.29, 1.82) is 0 Å². The van der Waals surface area contributed by atoms with Crippen molar-refractivity contribution in [3.63, 3.8) is 0 Å². The van der Waals surface area contributed by atoms with E-state index in [2.05, 4.69) is 38.9 Å². The van der Waals surface area contributed by atoms with Gasteiger partial charge in [-0.2, -0.15) is 0 Å². The summed E-state index contributed by atoms with van der Waals surface area (Å²) in [5.41, 5.74) is 4.99. The van der Waals surface area contributed by atoms with Crippen molar-refractivity contribution in [3.05, 3.63) is 62.3 Å². The second-order valence-electron chi connectivity index (χ2n) is 7.99. The summed E-state index contributed by atoms with van der Waals surface area (Å²) < 4.78 is 5.62. The van der Waals surface area contributed by atoms with Crippen molar-refractivity contribution < 1.29 is 14.3 Å². The first-order chi connectivity index (χ1) is 14.5. The Hall–Kier alpha value is -1.92. The molecule has 7 heteroatoms. The molecule has 0 N–H and O–H groups in total. The molecule has 0 spiro atoms. The van der Waals surface area contributed by atoms with Crippen LogP contribution in [0.1, 0.15) is 47.6 Å². The number of benzene rings is 1. The van der Waals surface area contributed by atoms with Gasteiger partial charge in [0.2, 0.25) is 5.91 Å². The van der Waals surface area contributed by atoms with Crippen LogP contribution in [0.15, 0.2) is 34.9 Å². The third kappa shape index (κ3) is 4.40. The number of hydrogen-bond donors (Lipinski definition) is 0. The summed E-state index contributed by atoms with van der Waals surface area (Å²) >= 11 is 9.86. The van der Waals surface area contributed by atoms with E-state index in [-0.39, 0.29) is 18.2 Å². The smallest absolute Gasteiger partial charge is 0.315 e. The number of carbonyl (C=O) groups excluding carboxylic acids is 2.